The van der Waals surface area contributed by atoms with Gasteiger partial charge in [0.1, 0.15) is 5.75 Å². The van der Waals surface area contributed by atoms with Gasteiger partial charge in [0.25, 0.3) is 5.91 Å². The van der Waals surface area contributed by atoms with Gasteiger partial charge in [-0.3, -0.25) is 4.79 Å². The molecule has 1 unspecified atom stereocenters. The van der Waals surface area contributed by atoms with Crippen molar-refractivity contribution < 1.29 is 9.53 Å². The summed E-state index contributed by atoms with van der Waals surface area (Å²) in [7, 11) is 0. The predicted molar refractivity (Wildman–Crippen MR) is 81.9 cm³/mol. The molecule has 0 aliphatic heterocycles. The molecule has 4 nitrogen and oxygen atoms in total. The minimum Gasteiger partial charge on any atom is -0.483 e. The van der Waals surface area contributed by atoms with Gasteiger partial charge in [-0.1, -0.05) is 25.1 Å². The smallest absolute Gasteiger partial charge is 0.258 e. The Morgan fingerprint density at radius 1 is 1.40 bits per heavy atom. The molecule has 0 aliphatic rings. The lowest BCUT2D eigenvalue weighted by Gasteiger charge is -2.17. The first-order chi connectivity index (χ1) is 9.43. The highest BCUT2D eigenvalue weighted by Gasteiger charge is 2.12. The number of rotatable bonds is 7. The molecule has 0 bridgehead atoms. The molecule has 0 saturated heterocycles. The van der Waals surface area contributed by atoms with Crippen molar-refractivity contribution in [1.29, 1.82) is 0 Å². The summed E-state index contributed by atoms with van der Waals surface area (Å²) >= 11 is 0. The molecule has 1 rings (SSSR count). The van der Waals surface area contributed by atoms with E-state index in [1.54, 1.807) is 0 Å². The van der Waals surface area contributed by atoms with Gasteiger partial charge >= 0.3 is 0 Å². The number of hydrogen-bond donors (Lipinski definition) is 2. The van der Waals surface area contributed by atoms with Crippen LogP contribution in [0.3, 0.4) is 0 Å². The molecule has 1 aromatic carbocycles. The maximum atomic E-state index is 11.7. The highest BCUT2D eigenvalue weighted by atomic mass is 16.5. The van der Waals surface area contributed by atoms with E-state index in [1.165, 1.54) is 0 Å². The van der Waals surface area contributed by atoms with E-state index < -0.39 is 0 Å². The van der Waals surface area contributed by atoms with Gasteiger partial charge in [-0.15, -0.1) is 0 Å². The zero-order chi connectivity index (χ0) is 15.1. The number of hydrogen-bond acceptors (Lipinski definition) is 3. The van der Waals surface area contributed by atoms with Gasteiger partial charge in [0.15, 0.2) is 6.61 Å². The second-order valence-corrected chi connectivity index (χ2v) is 5.45. The molecule has 0 aliphatic carbocycles. The van der Waals surface area contributed by atoms with Gasteiger partial charge in [-0.05, 0) is 44.7 Å². The van der Waals surface area contributed by atoms with E-state index in [1.807, 2.05) is 39.0 Å². The lowest BCUT2D eigenvalue weighted by molar-refractivity contribution is -0.123. The second kappa shape index (κ2) is 7.90. The van der Waals surface area contributed by atoms with Crippen LogP contribution in [0.1, 0.15) is 38.3 Å². The van der Waals surface area contributed by atoms with E-state index in [9.17, 15) is 4.79 Å². The van der Waals surface area contributed by atoms with Crippen LogP contribution in [-0.4, -0.2) is 24.6 Å². The van der Waals surface area contributed by atoms with Crippen molar-refractivity contribution in [3.8, 4) is 5.75 Å². The molecule has 0 saturated carbocycles. The molecule has 3 N–H and O–H groups in total. The van der Waals surface area contributed by atoms with Crippen molar-refractivity contribution in [2.24, 2.45) is 5.73 Å². The SMILES string of the molecule is CCC(N)Cc1cccc(C)c1OCC(=O)NC(C)C. The van der Waals surface area contributed by atoms with Crippen LogP contribution in [0.2, 0.25) is 0 Å². The molecule has 0 heterocycles. The molecule has 0 radical (unpaired) electrons. The van der Waals surface area contributed by atoms with Gasteiger partial charge in [0, 0.05) is 12.1 Å². The quantitative estimate of drug-likeness (QED) is 0.803. The topological polar surface area (TPSA) is 64.3 Å². The molecule has 0 fully saturated rings. The number of benzene rings is 1. The van der Waals surface area contributed by atoms with Crippen molar-refractivity contribution in [3.05, 3.63) is 29.3 Å². The maximum Gasteiger partial charge on any atom is 0.258 e. The molecular weight excluding hydrogens is 252 g/mol. The van der Waals surface area contributed by atoms with Crippen LogP contribution in [0, 0.1) is 6.92 Å². The standard InChI is InChI=1S/C16H26N2O2/c1-5-14(17)9-13-8-6-7-12(4)16(13)20-10-15(19)18-11(2)3/h6-8,11,14H,5,9-10,17H2,1-4H3,(H,18,19). The number of amides is 1. The Morgan fingerprint density at radius 2 is 2.10 bits per heavy atom. The zero-order valence-electron chi connectivity index (χ0n) is 12.9. The summed E-state index contributed by atoms with van der Waals surface area (Å²) < 4.78 is 5.71. The van der Waals surface area contributed by atoms with E-state index in [2.05, 4.69) is 12.2 Å². The monoisotopic (exact) mass is 278 g/mol. The fraction of sp³-hybridized carbons (Fsp3) is 0.562. The Bertz CT molecular complexity index is 444. The lowest BCUT2D eigenvalue weighted by atomic mass is 10.0. The Morgan fingerprint density at radius 3 is 2.70 bits per heavy atom. The highest BCUT2D eigenvalue weighted by molar-refractivity contribution is 5.77. The van der Waals surface area contributed by atoms with Crippen LogP contribution < -0.4 is 15.8 Å². The highest BCUT2D eigenvalue weighted by Crippen LogP contribution is 2.24. The van der Waals surface area contributed by atoms with E-state index in [-0.39, 0.29) is 24.6 Å². The number of aryl methyl sites for hydroxylation is 1. The first kappa shape index (κ1) is 16.5. The van der Waals surface area contributed by atoms with Crippen LogP contribution in [0.4, 0.5) is 0 Å². The molecule has 0 spiro atoms. The average molecular weight is 278 g/mol. The Hall–Kier alpha value is -1.55. The first-order valence-electron chi connectivity index (χ1n) is 7.20. The van der Waals surface area contributed by atoms with E-state index in [0.29, 0.717) is 0 Å². The molecule has 0 aromatic heterocycles. The number of carbonyl (C=O) groups is 1. The fourth-order valence-electron chi connectivity index (χ4n) is 2.01. The summed E-state index contributed by atoms with van der Waals surface area (Å²) in [5, 5.41) is 2.82. The van der Waals surface area contributed by atoms with Gasteiger partial charge in [-0.2, -0.15) is 0 Å². The van der Waals surface area contributed by atoms with Crippen molar-refractivity contribution in [3.63, 3.8) is 0 Å². The molecular formula is C16H26N2O2. The largest absolute Gasteiger partial charge is 0.483 e. The number of ether oxygens (including phenoxy) is 1. The average Bonchev–Trinajstić information content (AvgIpc) is 2.37. The minimum atomic E-state index is -0.103. The predicted octanol–water partition coefficient (Wildman–Crippen LogP) is 2.18. The number of para-hydroxylation sites is 1. The molecule has 1 amide bonds. The van der Waals surface area contributed by atoms with E-state index >= 15 is 0 Å². The van der Waals surface area contributed by atoms with Crippen molar-refractivity contribution in [1.82, 2.24) is 5.32 Å². The van der Waals surface area contributed by atoms with Gasteiger partial charge < -0.3 is 15.8 Å². The molecule has 112 valence electrons. The normalized spacial score (nSPS) is 12.3. The van der Waals surface area contributed by atoms with Crippen LogP contribution in [0.25, 0.3) is 0 Å². The zero-order valence-corrected chi connectivity index (χ0v) is 12.9. The summed E-state index contributed by atoms with van der Waals surface area (Å²) in [6, 6.07) is 6.22. The molecule has 20 heavy (non-hydrogen) atoms. The van der Waals surface area contributed by atoms with Crippen LogP contribution >= 0.6 is 0 Å². The van der Waals surface area contributed by atoms with E-state index in [0.717, 1.165) is 29.7 Å². The van der Waals surface area contributed by atoms with Crippen LogP contribution in [0.15, 0.2) is 18.2 Å². The minimum absolute atomic E-state index is 0.0391. The maximum absolute atomic E-state index is 11.7. The van der Waals surface area contributed by atoms with Crippen molar-refractivity contribution >= 4 is 5.91 Å². The van der Waals surface area contributed by atoms with Gasteiger partial charge in [0.2, 0.25) is 0 Å². The lowest BCUT2D eigenvalue weighted by Crippen LogP contribution is -2.34. The molecule has 1 atom stereocenters. The van der Waals surface area contributed by atoms with Gasteiger partial charge in [-0.25, -0.2) is 0 Å². The van der Waals surface area contributed by atoms with Gasteiger partial charge in [0.05, 0.1) is 0 Å². The van der Waals surface area contributed by atoms with Crippen molar-refractivity contribution in [2.45, 2.75) is 52.6 Å². The fourth-order valence-corrected chi connectivity index (χ4v) is 2.01. The summed E-state index contributed by atoms with van der Waals surface area (Å²) in [5.74, 6) is 0.685. The molecule has 4 heteroatoms. The third-order valence-electron chi connectivity index (χ3n) is 3.10. The third-order valence-corrected chi connectivity index (χ3v) is 3.10. The summed E-state index contributed by atoms with van der Waals surface area (Å²) in [4.78, 5) is 11.7. The number of carbonyl (C=O) groups excluding carboxylic acids is 1. The Balaban J connectivity index is 2.75. The van der Waals surface area contributed by atoms with Crippen molar-refractivity contribution in [2.75, 3.05) is 6.61 Å². The number of nitrogens with two attached hydrogens (primary N) is 1. The summed E-state index contributed by atoms with van der Waals surface area (Å²) in [6.45, 7) is 7.94. The van der Waals surface area contributed by atoms with Crippen LogP contribution in [0.5, 0.6) is 5.75 Å². The molecule has 1 aromatic rings. The second-order valence-electron chi connectivity index (χ2n) is 5.45. The number of nitrogens with one attached hydrogen (secondary N) is 1. The van der Waals surface area contributed by atoms with Crippen LogP contribution in [-0.2, 0) is 11.2 Å². The first-order valence-corrected chi connectivity index (χ1v) is 7.20. The summed E-state index contributed by atoms with van der Waals surface area (Å²) in [5.41, 5.74) is 8.11. The summed E-state index contributed by atoms with van der Waals surface area (Å²) in [6.07, 6.45) is 1.68. The third kappa shape index (κ3) is 5.21. The Kier molecular flexibility index (Phi) is 6.52. The Labute approximate surface area is 121 Å². The van der Waals surface area contributed by atoms with E-state index in [4.69, 9.17) is 10.5 Å².